The highest BCUT2D eigenvalue weighted by Gasteiger charge is 2.19. The van der Waals surface area contributed by atoms with Gasteiger partial charge in [0.15, 0.2) is 18.1 Å². The molecule has 2 N–H and O–H groups in total. The van der Waals surface area contributed by atoms with Crippen LogP contribution < -0.4 is 5.32 Å². The van der Waals surface area contributed by atoms with Crippen LogP contribution in [0.1, 0.15) is 27.6 Å². The van der Waals surface area contributed by atoms with Crippen molar-refractivity contribution < 1.29 is 28.6 Å². The molecule has 3 aromatic rings. The van der Waals surface area contributed by atoms with Gasteiger partial charge < -0.3 is 19.6 Å². The van der Waals surface area contributed by atoms with Crippen molar-refractivity contribution >= 4 is 34.6 Å². The Morgan fingerprint density at radius 1 is 1.12 bits per heavy atom. The molecule has 0 spiro atoms. The normalized spacial score (nSPS) is 11.7. The monoisotopic (exact) mass is 354 g/mol. The Kier molecular flexibility index (Phi) is 4.66. The van der Waals surface area contributed by atoms with Crippen LogP contribution in [-0.4, -0.2) is 34.0 Å². The molecule has 0 aliphatic carbocycles. The van der Waals surface area contributed by atoms with E-state index in [1.165, 1.54) is 49.7 Å². The molecule has 0 bridgehead atoms. The van der Waals surface area contributed by atoms with Crippen molar-refractivity contribution in [2.75, 3.05) is 5.32 Å². The number of oxazole rings is 1. The van der Waals surface area contributed by atoms with Crippen LogP contribution in [0.3, 0.4) is 0 Å². The number of esters is 1. The van der Waals surface area contributed by atoms with Gasteiger partial charge in [-0.3, -0.25) is 4.79 Å². The maximum Gasteiger partial charge on any atom is 0.338 e. The molecule has 0 aliphatic rings. The SMILES string of the molecule is CC(OC(=O)c1ccc2ocnc2c1)C(=O)Nc1ccc(C(=O)O)cc1. The Morgan fingerprint density at radius 2 is 1.81 bits per heavy atom. The third-order valence-corrected chi connectivity index (χ3v) is 3.62. The van der Waals surface area contributed by atoms with Crippen LogP contribution in [0.25, 0.3) is 11.1 Å². The third kappa shape index (κ3) is 3.69. The molecule has 3 rings (SSSR count). The Morgan fingerprint density at radius 3 is 2.50 bits per heavy atom. The second kappa shape index (κ2) is 7.06. The smallest absolute Gasteiger partial charge is 0.338 e. The number of hydrogen-bond donors (Lipinski definition) is 2. The Balaban J connectivity index is 1.62. The first kappa shape index (κ1) is 17.2. The number of nitrogens with zero attached hydrogens (tertiary/aromatic N) is 1. The maximum absolute atomic E-state index is 12.2. The Hall–Kier alpha value is -3.68. The lowest BCUT2D eigenvalue weighted by Gasteiger charge is -2.13. The van der Waals surface area contributed by atoms with Gasteiger partial charge in [-0.1, -0.05) is 0 Å². The minimum absolute atomic E-state index is 0.103. The average molecular weight is 354 g/mol. The summed E-state index contributed by atoms with van der Waals surface area (Å²) in [7, 11) is 0. The summed E-state index contributed by atoms with van der Waals surface area (Å²) in [5.74, 6) is -2.27. The van der Waals surface area contributed by atoms with Crippen molar-refractivity contribution in [2.45, 2.75) is 13.0 Å². The van der Waals surface area contributed by atoms with Crippen LogP contribution in [0.15, 0.2) is 53.3 Å². The lowest BCUT2D eigenvalue weighted by atomic mass is 10.2. The highest BCUT2D eigenvalue weighted by atomic mass is 16.5. The number of amides is 1. The van der Waals surface area contributed by atoms with Crippen LogP contribution in [0, 0.1) is 0 Å². The molecular formula is C18H14N2O6. The number of aromatic nitrogens is 1. The molecule has 0 saturated heterocycles. The minimum Gasteiger partial charge on any atom is -0.478 e. The number of nitrogens with one attached hydrogen (secondary N) is 1. The number of fused-ring (bicyclic) bond motifs is 1. The van der Waals surface area contributed by atoms with Gasteiger partial charge in [-0.2, -0.15) is 0 Å². The number of aromatic carboxylic acids is 1. The van der Waals surface area contributed by atoms with Gasteiger partial charge in [-0.05, 0) is 49.4 Å². The molecule has 132 valence electrons. The Bertz CT molecular complexity index is 977. The van der Waals surface area contributed by atoms with Crippen molar-refractivity contribution in [3.8, 4) is 0 Å². The summed E-state index contributed by atoms with van der Waals surface area (Å²) < 4.78 is 10.3. The standard InChI is InChI=1S/C18H14N2O6/c1-10(16(21)20-13-5-2-11(3-6-13)17(22)23)26-18(24)12-4-7-15-14(8-12)19-9-25-15/h2-10H,1H3,(H,20,21)(H,22,23). The van der Waals surface area contributed by atoms with E-state index in [9.17, 15) is 14.4 Å². The molecule has 0 radical (unpaired) electrons. The fourth-order valence-electron chi connectivity index (χ4n) is 2.21. The molecule has 0 saturated carbocycles. The maximum atomic E-state index is 12.2. The van der Waals surface area contributed by atoms with E-state index < -0.39 is 23.9 Å². The number of carboxylic acids is 1. The molecule has 1 atom stereocenters. The summed E-state index contributed by atoms with van der Waals surface area (Å²) in [5.41, 5.74) is 1.79. The zero-order valence-electron chi connectivity index (χ0n) is 13.6. The summed E-state index contributed by atoms with van der Waals surface area (Å²) in [4.78, 5) is 39.1. The minimum atomic E-state index is -1.06. The number of carbonyl (C=O) groups excluding carboxylic acids is 2. The fraction of sp³-hybridized carbons (Fsp3) is 0.111. The topological polar surface area (TPSA) is 119 Å². The number of ether oxygens (including phenoxy) is 1. The van der Waals surface area contributed by atoms with Gasteiger partial charge in [0.05, 0.1) is 11.1 Å². The van der Waals surface area contributed by atoms with Crippen molar-refractivity contribution in [3.63, 3.8) is 0 Å². The second-order valence-electron chi connectivity index (χ2n) is 5.45. The van der Waals surface area contributed by atoms with E-state index in [1.54, 1.807) is 6.07 Å². The van der Waals surface area contributed by atoms with Gasteiger partial charge in [-0.25, -0.2) is 14.6 Å². The second-order valence-corrected chi connectivity index (χ2v) is 5.45. The lowest BCUT2D eigenvalue weighted by Crippen LogP contribution is -2.30. The number of hydrogen-bond acceptors (Lipinski definition) is 6. The first-order valence-corrected chi connectivity index (χ1v) is 7.62. The molecule has 26 heavy (non-hydrogen) atoms. The molecule has 1 amide bonds. The number of rotatable bonds is 5. The van der Waals surface area contributed by atoms with Crippen LogP contribution in [0.5, 0.6) is 0 Å². The molecule has 0 aliphatic heterocycles. The molecule has 0 fully saturated rings. The van der Waals surface area contributed by atoms with Gasteiger partial charge in [-0.15, -0.1) is 0 Å². The van der Waals surface area contributed by atoms with E-state index in [0.29, 0.717) is 16.8 Å². The van der Waals surface area contributed by atoms with Gasteiger partial charge in [0, 0.05) is 5.69 Å². The quantitative estimate of drug-likeness (QED) is 0.676. The average Bonchev–Trinajstić information content (AvgIpc) is 3.09. The predicted octanol–water partition coefficient (Wildman–Crippen LogP) is 2.71. The molecule has 8 nitrogen and oxygen atoms in total. The van der Waals surface area contributed by atoms with Crippen LogP contribution in [0.2, 0.25) is 0 Å². The van der Waals surface area contributed by atoms with Crippen molar-refractivity contribution in [3.05, 3.63) is 60.0 Å². The van der Waals surface area contributed by atoms with Crippen molar-refractivity contribution in [1.29, 1.82) is 0 Å². The molecular weight excluding hydrogens is 340 g/mol. The Labute approximate surface area is 147 Å². The summed E-state index contributed by atoms with van der Waals surface area (Å²) in [6.45, 7) is 1.44. The number of benzene rings is 2. The number of carboxylic acid groups (broad SMARTS) is 1. The molecule has 8 heteroatoms. The molecule has 1 aromatic heterocycles. The third-order valence-electron chi connectivity index (χ3n) is 3.62. The van der Waals surface area contributed by atoms with Crippen LogP contribution in [0.4, 0.5) is 5.69 Å². The predicted molar refractivity (Wildman–Crippen MR) is 90.9 cm³/mol. The molecule has 1 heterocycles. The largest absolute Gasteiger partial charge is 0.478 e. The van der Waals surface area contributed by atoms with E-state index in [0.717, 1.165) is 0 Å². The zero-order chi connectivity index (χ0) is 18.7. The van der Waals surface area contributed by atoms with Gasteiger partial charge in [0.2, 0.25) is 0 Å². The number of carbonyl (C=O) groups is 3. The first-order chi connectivity index (χ1) is 12.4. The van der Waals surface area contributed by atoms with Crippen LogP contribution in [-0.2, 0) is 9.53 Å². The summed E-state index contributed by atoms with van der Waals surface area (Å²) in [6, 6.07) is 10.3. The molecule has 1 unspecified atom stereocenters. The van der Waals surface area contributed by atoms with E-state index in [1.807, 2.05) is 0 Å². The van der Waals surface area contributed by atoms with Gasteiger partial charge >= 0.3 is 11.9 Å². The summed E-state index contributed by atoms with van der Waals surface area (Å²) >= 11 is 0. The van der Waals surface area contributed by atoms with E-state index >= 15 is 0 Å². The lowest BCUT2D eigenvalue weighted by molar-refractivity contribution is -0.123. The number of anilines is 1. The van der Waals surface area contributed by atoms with E-state index in [-0.39, 0.29) is 11.1 Å². The fourth-order valence-corrected chi connectivity index (χ4v) is 2.21. The highest BCUT2D eigenvalue weighted by molar-refractivity contribution is 5.98. The van der Waals surface area contributed by atoms with Crippen molar-refractivity contribution in [2.24, 2.45) is 0 Å². The molecule has 2 aromatic carbocycles. The van der Waals surface area contributed by atoms with E-state index in [2.05, 4.69) is 10.3 Å². The van der Waals surface area contributed by atoms with Gasteiger partial charge in [0.1, 0.15) is 5.52 Å². The first-order valence-electron chi connectivity index (χ1n) is 7.62. The zero-order valence-corrected chi connectivity index (χ0v) is 13.6. The summed E-state index contributed by atoms with van der Waals surface area (Å²) in [5, 5.41) is 11.4. The summed E-state index contributed by atoms with van der Waals surface area (Å²) in [6.07, 6.45) is 0.223. The highest BCUT2D eigenvalue weighted by Crippen LogP contribution is 2.16. The van der Waals surface area contributed by atoms with Gasteiger partial charge in [0.25, 0.3) is 5.91 Å². The van der Waals surface area contributed by atoms with E-state index in [4.69, 9.17) is 14.3 Å². The van der Waals surface area contributed by atoms with Crippen molar-refractivity contribution in [1.82, 2.24) is 4.98 Å². The van der Waals surface area contributed by atoms with Crippen LogP contribution >= 0.6 is 0 Å².